The van der Waals surface area contributed by atoms with Gasteiger partial charge in [-0.05, 0) is 25.2 Å². The quantitative estimate of drug-likeness (QED) is 0.0356. The monoisotopic (exact) mass is 723 g/mol. The molecule has 51 heavy (non-hydrogen) atoms. The Hall–Kier alpha value is -1.59. The zero-order valence-electron chi connectivity index (χ0n) is 34.6. The number of rotatable bonds is 40. The maximum absolute atomic E-state index is 12.7. The van der Waals surface area contributed by atoms with Crippen LogP contribution in [0.1, 0.15) is 246 Å². The van der Waals surface area contributed by atoms with E-state index in [1.165, 1.54) is 141 Å². The molecule has 0 heterocycles. The molecule has 0 aromatic heterocycles. The fourth-order valence-corrected chi connectivity index (χ4v) is 6.59. The minimum Gasteiger partial charge on any atom is -0.462 e. The largest absolute Gasteiger partial charge is 0.462 e. The fourth-order valence-electron chi connectivity index (χ4n) is 6.59. The van der Waals surface area contributed by atoms with Gasteiger partial charge in [0.25, 0.3) is 0 Å². The number of esters is 3. The van der Waals surface area contributed by atoms with Crippen LogP contribution in [-0.2, 0) is 28.6 Å². The lowest BCUT2D eigenvalue weighted by molar-refractivity contribution is -0.167. The SMILES string of the molecule is CCCCCCCCCCCCCCC(=O)O[C@@H](COC(=O)CCCCCCCCC)COC(=O)CCCCCCCCCCCCC(C)CC. The number of carbonyl (C=O) groups excluding carboxylic acids is 3. The summed E-state index contributed by atoms with van der Waals surface area (Å²) in [5.41, 5.74) is 0. The van der Waals surface area contributed by atoms with Crippen LogP contribution in [0.3, 0.4) is 0 Å². The Morgan fingerprint density at radius 1 is 0.392 bits per heavy atom. The first kappa shape index (κ1) is 49.4. The summed E-state index contributed by atoms with van der Waals surface area (Å²) in [5, 5.41) is 0. The molecule has 0 radical (unpaired) electrons. The van der Waals surface area contributed by atoms with Crippen LogP contribution in [0.25, 0.3) is 0 Å². The average Bonchev–Trinajstić information content (AvgIpc) is 3.13. The lowest BCUT2D eigenvalue weighted by atomic mass is 9.99. The third-order valence-electron chi connectivity index (χ3n) is 10.4. The Bertz CT molecular complexity index is 768. The van der Waals surface area contributed by atoms with Crippen LogP contribution in [0, 0.1) is 5.92 Å². The van der Waals surface area contributed by atoms with Crippen molar-refractivity contribution in [2.75, 3.05) is 13.2 Å². The molecule has 302 valence electrons. The van der Waals surface area contributed by atoms with Crippen LogP contribution >= 0.6 is 0 Å². The van der Waals surface area contributed by atoms with E-state index in [2.05, 4.69) is 27.7 Å². The normalized spacial score (nSPS) is 12.5. The lowest BCUT2D eigenvalue weighted by Crippen LogP contribution is -2.30. The summed E-state index contributed by atoms with van der Waals surface area (Å²) in [5.74, 6) is 0.00809. The molecule has 0 aromatic rings. The van der Waals surface area contributed by atoms with E-state index in [-0.39, 0.29) is 31.1 Å². The molecule has 0 aliphatic heterocycles. The fraction of sp³-hybridized carbons (Fsp3) is 0.933. The summed E-state index contributed by atoms with van der Waals surface area (Å²) in [7, 11) is 0. The van der Waals surface area contributed by atoms with Gasteiger partial charge in [-0.15, -0.1) is 0 Å². The molecule has 0 amide bonds. The summed E-state index contributed by atoms with van der Waals surface area (Å²) in [6.07, 6.45) is 38.0. The Kier molecular flexibility index (Phi) is 38.4. The molecule has 0 bridgehead atoms. The van der Waals surface area contributed by atoms with E-state index < -0.39 is 6.10 Å². The molecule has 0 fully saturated rings. The number of ether oxygens (including phenoxy) is 3. The Balaban J connectivity index is 4.28. The average molecular weight is 723 g/mol. The summed E-state index contributed by atoms with van der Waals surface area (Å²) in [6, 6.07) is 0. The standard InChI is InChI=1S/C45H86O6/c1-5-8-10-12-14-15-16-17-22-26-30-34-38-45(48)51-42(39-49-43(46)36-32-28-23-13-11-9-6-2)40-50-44(47)37-33-29-25-21-19-18-20-24-27-31-35-41(4)7-3/h41-42H,5-40H2,1-4H3/t41?,42-/m0/s1. The van der Waals surface area contributed by atoms with Crippen molar-refractivity contribution in [1.82, 2.24) is 0 Å². The zero-order chi connectivity index (χ0) is 37.5. The van der Waals surface area contributed by atoms with Gasteiger partial charge in [-0.3, -0.25) is 14.4 Å². The van der Waals surface area contributed by atoms with Crippen LogP contribution in [0.2, 0.25) is 0 Å². The molecule has 0 rings (SSSR count). The minimum absolute atomic E-state index is 0.0644. The smallest absolute Gasteiger partial charge is 0.306 e. The second-order valence-corrected chi connectivity index (χ2v) is 15.6. The highest BCUT2D eigenvalue weighted by Crippen LogP contribution is 2.17. The third-order valence-corrected chi connectivity index (χ3v) is 10.4. The maximum atomic E-state index is 12.7. The molecule has 6 heteroatoms. The van der Waals surface area contributed by atoms with E-state index in [0.717, 1.165) is 63.7 Å². The Morgan fingerprint density at radius 3 is 1.02 bits per heavy atom. The van der Waals surface area contributed by atoms with Crippen molar-refractivity contribution >= 4 is 17.9 Å². The van der Waals surface area contributed by atoms with Gasteiger partial charge in [-0.2, -0.15) is 0 Å². The van der Waals surface area contributed by atoms with Gasteiger partial charge < -0.3 is 14.2 Å². The second kappa shape index (κ2) is 39.6. The van der Waals surface area contributed by atoms with Gasteiger partial charge in [0.2, 0.25) is 0 Å². The second-order valence-electron chi connectivity index (χ2n) is 15.6. The minimum atomic E-state index is -0.758. The predicted octanol–water partition coefficient (Wildman–Crippen LogP) is 13.9. The van der Waals surface area contributed by atoms with E-state index in [9.17, 15) is 14.4 Å². The van der Waals surface area contributed by atoms with Gasteiger partial charge in [-0.25, -0.2) is 0 Å². The highest BCUT2D eigenvalue weighted by Gasteiger charge is 2.19. The van der Waals surface area contributed by atoms with Crippen LogP contribution < -0.4 is 0 Å². The topological polar surface area (TPSA) is 78.9 Å². The van der Waals surface area contributed by atoms with Crippen molar-refractivity contribution in [2.45, 2.75) is 252 Å². The maximum Gasteiger partial charge on any atom is 0.306 e. The number of hydrogen-bond donors (Lipinski definition) is 0. The molecule has 0 spiro atoms. The summed E-state index contributed by atoms with van der Waals surface area (Å²) in [4.78, 5) is 37.5. The first-order valence-electron chi connectivity index (χ1n) is 22.4. The van der Waals surface area contributed by atoms with E-state index in [1.807, 2.05) is 0 Å². The molecule has 0 aromatic carbocycles. The van der Waals surface area contributed by atoms with E-state index in [4.69, 9.17) is 14.2 Å². The van der Waals surface area contributed by atoms with Gasteiger partial charge >= 0.3 is 17.9 Å². The van der Waals surface area contributed by atoms with Crippen LogP contribution in [0.15, 0.2) is 0 Å². The van der Waals surface area contributed by atoms with Gasteiger partial charge in [0.15, 0.2) is 6.10 Å². The molecule has 6 nitrogen and oxygen atoms in total. The molecular formula is C45H86O6. The van der Waals surface area contributed by atoms with Crippen molar-refractivity contribution in [3.63, 3.8) is 0 Å². The third kappa shape index (κ3) is 38.0. The molecule has 0 N–H and O–H groups in total. The van der Waals surface area contributed by atoms with Crippen molar-refractivity contribution in [1.29, 1.82) is 0 Å². The van der Waals surface area contributed by atoms with E-state index >= 15 is 0 Å². The predicted molar refractivity (Wildman–Crippen MR) is 215 cm³/mol. The molecule has 1 unspecified atom stereocenters. The highest BCUT2D eigenvalue weighted by molar-refractivity contribution is 5.71. The molecule has 0 saturated heterocycles. The van der Waals surface area contributed by atoms with Crippen molar-refractivity contribution in [2.24, 2.45) is 5.92 Å². The van der Waals surface area contributed by atoms with Crippen LogP contribution in [0.4, 0.5) is 0 Å². The van der Waals surface area contributed by atoms with Crippen LogP contribution in [0.5, 0.6) is 0 Å². The molecule has 0 saturated carbocycles. The lowest BCUT2D eigenvalue weighted by Gasteiger charge is -2.18. The van der Waals surface area contributed by atoms with E-state index in [0.29, 0.717) is 19.3 Å². The number of hydrogen-bond acceptors (Lipinski definition) is 6. The molecular weight excluding hydrogens is 636 g/mol. The van der Waals surface area contributed by atoms with Crippen molar-refractivity contribution in [3.8, 4) is 0 Å². The van der Waals surface area contributed by atoms with Gasteiger partial charge in [0, 0.05) is 19.3 Å². The summed E-state index contributed by atoms with van der Waals surface area (Å²) >= 11 is 0. The molecule has 0 aliphatic rings. The first-order valence-corrected chi connectivity index (χ1v) is 22.4. The number of carbonyl (C=O) groups is 3. The molecule has 0 aliphatic carbocycles. The highest BCUT2D eigenvalue weighted by atomic mass is 16.6. The first-order chi connectivity index (χ1) is 24.9. The molecule has 2 atom stereocenters. The summed E-state index contributed by atoms with van der Waals surface area (Å²) < 4.78 is 16.6. The van der Waals surface area contributed by atoms with Gasteiger partial charge in [-0.1, -0.05) is 207 Å². The number of unbranched alkanes of at least 4 members (excludes halogenated alkanes) is 26. The van der Waals surface area contributed by atoms with Crippen LogP contribution in [-0.4, -0.2) is 37.2 Å². The van der Waals surface area contributed by atoms with Gasteiger partial charge in [0.1, 0.15) is 13.2 Å². The van der Waals surface area contributed by atoms with Crippen molar-refractivity contribution < 1.29 is 28.6 Å². The van der Waals surface area contributed by atoms with E-state index in [1.54, 1.807) is 0 Å². The van der Waals surface area contributed by atoms with Crippen molar-refractivity contribution in [3.05, 3.63) is 0 Å². The van der Waals surface area contributed by atoms with Gasteiger partial charge in [0.05, 0.1) is 0 Å². The Labute approximate surface area is 317 Å². The zero-order valence-corrected chi connectivity index (χ0v) is 34.6. The summed E-state index contributed by atoms with van der Waals surface area (Å²) in [6.45, 7) is 8.97. The Morgan fingerprint density at radius 2 is 0.686 bits per heavy atom.